The van der Waals surface area contributed by atoms with E-state index in [4.69, 9.17) is 27.9 Å². The Balaban J connectivity index is 1.99. The third-order valence-electron chi connectivity index (χ3n) is 2.70. The van der Waals surface area contributed by atoms with Crippen LogP contribution < -0.4 is 0 Å². The molecule has 0 aliphatic heterocycles. The topological polar surface area (TPSA) is 26.3 Å². The summed E-state index contributed by atoms with van der Waals surface area (Å²) in [5.74, 6) is -0.347. The van der Waals surface area contributed by atoms with Crippen molar-refractivity contribution in [3.8, 4) is 0 Å². The molecule has 0 N–H and O–H groups in total. The SMILES string of the molecule is O=C(OC1CCCCC1)c1cc(Cl)sc1Cl. The largest absolute Gasteiger partial charge is 0.459 e. The quantitative estimate of drug-likeness (QED) is 0.743. The summed E-state index contributed by atoms with van der Waals surface area (Å²) >= 11 is 12.9. The van der Waals surface area contributed by atoms with E-state index in [1.165, 1.54) is 17.8 Å². The zero-order valence-electron chi connectivity index (χ0n) is 8.67. The molecule has 1 aliphatic rings. The first-order valence-corrected chi connectivity index (χ1v) is 6.90. The van der Waals surface area contributed by atoms with Gasteiger partial charge in [0, 0.05) is 0 Å². The summed E-state index contributed by atoms with van der Waals surface area (Å²) in [5.41, 5.74) is 0.391. The second kappa shape index (κ2) is 5.39. The maximum atomic E-state index is 11.8. The molecule has 1 fully saturated rings. The Morgan fingerprint density at radius 2 is 2.00 bits per heavy atom. The van der Waals surface area contributed by atoms with Crippen LogP contribution in [0.1, 0.15) is 42.5 Å². The lowest BCUT2D eigenvalue weighted by Crippen LogP contribution is -2.20. The summed E-state index contributed by atoms with van der Waals surface area (Å²) in [6, 6.07) is 1.57. The van der Waals surface area contributed by atoms with Crippen LogP contribution in [0.5, 0.6) is 0 Å². The molecule has 0 atom stereocenters. The molecule has 1 aliphatic carbocycles. The monoisotopic (exact) mass is 278 g/mol. The maximum absolute atomic E-state index is 11.8. The van der Waals surface area contributed by atoms with Crippen molar-refractivity contribution in [2.24, 2.45) is 0 Å². The molecule has 0 saturated heterocycles. The van der Waals surface area contributed by atoms with E-state index in [1.807, 2.05) is 0 Å². The summed E-state index contributed by atoms with van der Waals surface area (Å²) in [5, 5.41) is 0. The molecule has 1 aromatic rings. The van der Waals surface area contributed by atoms with Gasteiger partial charge in [0.15, 0.2) is 0 Å². The number of hydrogen-bond acceptors (Lipinski definition) is 3. The molecule has 0 amide bonds. The van der Waals surface area contributed by atoms with Crippen molar-refractivity contribution in [3.05, 3.63) is 20.3 Å². The van der Waals surface area contributed by atoms with Gasteiger partial charge < -0.3 is 4.74 Å². The standard InChI is InChI=1S/C11H12Cl2O2S/c12-9-6-8(10(13)16-9)11(14)15-7-4-2-1-3-5-7/h6-7H,1-5H2. The highest BCUT2D eigenvalue weighted by Crippen LogP contribution is 2.32. The van der Waals surface area contributed by atoms with Gasteiger partial charge in [-0.1, -0.05) is 29.6 Å². The van der Waals surface area contributed by atoms with Crippen molar-refractivity contribution in [1.82, 2.24) is 0 Å². The van der Waals surface area contributed by atoms with Crippen molar-refractivity contribution in [2.45, 2.75) is 38.2 Å². The highest BCUT2D eigenvalue weighted by Gasteiger charge is 2.21. The predicted octanol–water partition coefficient (Wildman–Crippen LogP) is 4.54. The minimum atomic E-state index is -0.347. The van der Waals surface area contributed by atoms with Crippen LogP contribution in [0, 0.1) is 0 Å². The highest BCUT2D eigenvalue weighted by atomic mass is 35.5. The lowest BCUT2D eigenvalue weighted by atomic mass is 9.98. The zero-order valence-corrected chi connectivity index (χ0v) is 11.0. The van der Waals surface area contributed by atoms with E-state index in [9.17, 15) is 4.79 Å². The van der Waals surface area contributed by atoms with Gasteiger partial charge in [0.1, 0.15) is 10.4 Å². The van der Waals surface area contributed by atoms with Crippen LogP contribution in [0.3, 0.4) is 0 Å². The first kappa shape index (κ1) is 12.2. The van der Waals surface area contributed by atoms with E-state index >= 15 is 0 Å². The van der Waals surface area contributed by atoms with Crippen LogP contribution >= 0.6 is 34.5 Å². The zero-order chi connectivity index (χ0) is 11.5. The van der Waals surface area contributed by atoms with Crippen LogP contribution in [0.2, 0.25) is 8.67 Å². The molecule has 1 heterocycles. The van der Waals surface area contributed by atoms with E-state index < -0.39 is 0 Å². The average molecular weight is 279 g/mol. The Hall–Kier alpha value is -0.250. The number of rotatable bonds is 2. The number of hydrogen-bond donors (Lipinski definition) is 0. The molecule has 0 spiro atoms. The van der Waals surface area contributed by atoms with Crippen molar-refractivity contribution in [1.29, 1.82) is 0 Å². The van der Waals surface area contributed by atoms with Crippen molar-refractivity contribution >= 4 is 40.5 Å². The number of thiophene rings is 1. The fourth-order valence-electron chi connectivity index (χ4n) is 1.88. The minimum absolute atomic E-state index is 0.0518. The molecule has 88 valence electrons. The summed E-state index contributed by atoms with van der Waals surface area (Å²) < 4.78 is 6.32. The van der Waals surface area contributed by atoms with E-state index in [0.717, 1.165) is 25.7 Å². The molecular formula is C11H12Cl2O2S. The fourth-order valence-corrected chi connectivity index (χ4v) is 3.32. The van der Waals surface area contributed by atoms with Gasteiger partial charge in [-0.2, -0.15) is 0 Å². The smallest absolute Gasteiger partial charge is 0.340 e. The number of esters is 1. The molecule has 2 rings (SSSR count). The van der Waals surface area contributed by atoms with Gasteiger partial charge in [-0.25, -0.2) is 4.79 Å². The Kier molecular flexibility index (Phi) is 4.11. The molecule has 0 radical (unpaired) electrons. The minimum Gasteiger partial charge on any atom is -0.459 e. The van der Waals surface area contributed by atoms with Crippen molar-refractivity contribution < 1.29 is 9.53 Å². The maximum Gasteiger partial charge on any atom is 0.340 e. The van der Waals surface area contributed by atoms with E-state index in [0.29, 0.717) is 14.2 Å². The Bertz CT molecular complexity index is 383. The fraction of sp³-hybridized carbons (Fsp3) is 0.545. The third-order valence-corrected chi connectivity index (χ3v) is 4.19. The van der Waals surface area contributed by atoms with Crippen molar-refractivity contribution in [3.63, 3.8) is 0 Å². The first-order valence-electron chi connectivity index (χ1n) is 5.32. The van der Waals surface area contributed by atoms with Crippen LogP contribution in [0.15, 0.2) is 6.07 Å². The average Bonchev–Trinajstić information content (AvgIpc) is 2.59. The van der Waals surface area contributed by atoms with E-state index in [-0.39, 0.29) is 12.1 Å². The number of ether oxygens (including phenoxy) is 1. The number of halogens is 2. The highest BCUT2D eigenvalue weighted by molar-refractivity contribution is 7.20. The molecule has 0 aromatic carbocycles. The molecular weight excluding hydrogens is 267 g/mol. The Morgan fingerprint density at radius 3 is 2.56 bits per heavy atom. The second-order valence-electron chi connectivity index (χ2n) is 3.90. The molecule has 1 aromatic heterocycles. The second-order valence-corrected chi connectivity index (χ2v) is 6.19. The lowest BCUT2D eigenvalue weighted by Gasteiger charge is -2.21. The Morgan fingerprint density at radius 1 is 1.31 bits per heavy atom. The number of carbonyl (C=O) groups is 1. The summed E-state index contributed by atoms with van der Waals surface area (Å²) in [6.07, 6.45) is 5.48. The van der Waals surface area contributed by atoms with Gasteiger partial charge in [-0.15, -0.1) is 11.3 Å². The molecule has 5 heteroatoms. The van der Waals surface area contributed by atoms with E-state index in [1.54, 1.807) is 6.07 Å². The van der Waals surface area contributed by atoms with Gasteiger partial charge in [-0.3, -0.25) is 0 Å². The summed E-state index contributed by atoms with van der Waals surface area (Å²) in [6.45, 7) is 0. The summed E-state index contributed by atoms with van der Waals surface area (Å²) in [4.78, 5) is 11.8. The van der Waals surface area contributed by atoms with Gasteiger partial charge >= 0.3 is 5.97 Å². The Labute approximate surface area is 109 Å². The first-order chi connectivity index (χ1) is 7.66. The molecule has 16 heavy (non-hydrogen) atoms. The van der Waals surface area contributed by atoms with Crippen LogP contribution in [-0.4, -0.2) is 12.1 Å². The molecule has 2 nitrogen and oxygen atoms in total. The third kappa shape index (κ3) is 2.90. The van der Waals surface area contributed by atoms with Crippen LogP contribution in [0.4, 0.5) is 0 Å². The molecule has 0 unspecified atom stereocenters. The van der Waals surface area contributed by atoms with E-state index in [2.05, 4.69) is 0 Å². The number of carbonyl (C=O) groups excluding carboxylic acids is 1. The lowest BCUT2D eigenvalue weighted by molar-refractivity contribution is 0.0212. The van der Waals surface area contributed by atoms with Crippen molar-refractivity contribution in [2.75, 3.05) is 0 Å². The predicted molar refractivity (Wildman–Crippen MR) is 66.6 cm³/mol. The van der Waals surface area contributed by atoms with Gasteiger partial charge in [0.25, 0.3) is 0 Å². The van der Waals surface area contributed by atoms with Crippen LogP contribution in [0.25, 0.3) is 0 Å². The van der Waals surface area contributed by atoms with Gasteiger partial charge in [0.2, 0.25) is 0 Å². The normalized spacial score (nSPS) is 17.4. The molecule has 1 saturated carbocycles. The summed E-state index contributed by atoms with van der Waals surface area (Å²) in [7, 11) is 0. The van der Waals surface area contributed by atoms with Gasteiger partial charge in [0.05, 0.1) is 9.90 Å². The molecule has 0 bridgehead atoms. The van der Waals surface area contributed by atoms with Crippen LogP contribution in [-0.2, 0) is 4.74 Å². The van der Waals surface area contributed by atoms with Gasteiger partial charge in [-0.05, 0) is 31.7 Å².